The minimum absolute atomic E-state index is 0.390. The second kappa shape index (κ2) is 8.38. The number of methoxy groups -OCH3 is 2. The number of fused-ring (bicyclic) bond motifs is 3. The number of nitrogen functional groups attached to an aromatic ring is 1. The Balaban J connectivity index is 1.86. The van der Waals surface area contributed by atoms with Crippen molar-refractivity contribution in [3.05, 3.63) is 42.9 Å². The molecule has 0 spiro atoms. The first-order valence-electron chi connectivity index (χ1n) is 9.54. The number of rotatable bonds is 7. The fourth-order valence-electron chi connectivity index (χ4n) is 3.32. The first-order chi connectivity index (χ1) is 14.6. The highest BCUT2D eigenvalue weighted by Crippen LogP contribution is 2.37. The summed E-state index contributed by atoms with van der Waals surface area (Å²) in [4.78, 5) is 13.3. The van der Waals surface area contributed by atoms with Crippen LogP contribution in [0.25, 0.3) is 32.9 Å². The van der Waals surface area contributed by atoms with Crippen molar-refractivity contribution in [3.8, 4) is 28.5 Å². The lowest BCUT2D eigenvalue weighted by molar-refractivity contribution is 0.312. The van der Waals surface area contributed by atoms with Gasteiger partial charge in [0.2, 0.25) is 0 Å². The van der Waals surface area contributed by atoms with Gasteiger partial charge in [-0.1, -0.05) is 0 Å². The van der Waals surface area contributed by atoms with Crippen molar-refractivity contribution in [2.45, 2.75) is 6.42 Å². The van der Waals surface area contributed by atoms with Crippen molar-refractivity contribution in [2.75, 3.05) is 33.1 Å². The van der Waals surface area contributed by atoms with E-state index < -0.39 is 0 Å². The second-order valence-corrected chi connectivity index (χ2v) is 6.74. The van der Waals surface area contributed by atoms with E-state index >= 15 is 0 Å². The molecule has 4 rings (SSSR count). The lowest BCUT2D eigenvalue weighted by Gasteiger charge is -2.12. The van der Waals surface area contributed by atoms with E-state index in [-0.39, 0.29) is 0 Å². The molecule has 0 bridgehead atoms. The largest absolute Gasteiger partial charge is 0.493 e. The number of hydrogen-bond donors (Lipinski definition) is 2. The number of hydrogen-bond acceptors (Lipinski definition) is 8. The lowest BCUT2D eigenvalue weighted by Crippen LogP contribution is -2.06. The topological polar surface area (TPSA) is 118 Å². The van der Waals surface area contributed by atoms with Crippen LogP contribution in [0.2, 0.25) is 0 Å². The Hall–Kier alpha value is -3.65. The number of benzene rings is 1. The van der Waals surface area contributed by atoms with Gasteiger partial charge in [0.25, 0.3) is 0 Å². The minimum Gasteiger partial charge on any atom is -0.493 e. The zero-order valence-corrected chi connectivity index (χ0v) is 16.9. The van der Waals surface area contributed by atoms with Gasteiger partial charge >= 0.3 is 0 Å². The summed E-state index contributed by atoms with van der Waals surface area (Å²) < 4.78 is 16.6. The van der Waals surface area contributed by atoms with Gasteiger partial charge in [-0.3, -0.25) is 9.97 Å². The fourth-order valence-corrected chi connectivity index (χ4v) is 3.32. The van der Waals surface area contributed by atoms with Gasteiger partial charge in [-0.2, -0.15) is 0 Å². The highest BCUT2D eigenvalue weighted by Gasteiger charge is 2.14. The van der Waals surface area contributed by atoms with Crippen LogP contribution >= 0.6 is 0 Å². The van der Waals surface area contributed by atoms with Gasteiger partial charge in [0, 0.05) is 34.8 Å². The molecule has 4 N–H and O–H groups in total. The molecule has 1 aromatic carbocycles. The van der Waals surface area contributed by atoms with Gasteiger partial charge in [-0.05, 0) is 36.6 Å². The van der Waals surface area contributed by atoms with Crippen LogP contribution in [-0.4, -0.2) is 42.3 Å². The average Bonchev–Trinajstić information content (AvgIpc) is 2.78. The molecule has 0 aliphatic rings. The smallest absolute Gasteiger partial charge is 0.162 e. The second-order valence-electron chi connectivity index (χ2n) is 6.74. The predicted molar refractivity (Wildman–Crippen MR) is 117 cm³/mol. The van der Waals surface area contributed by atoms with Crippen LogP contribution in [0, 0.1) is 0 Å². The average molecular weight is 405 g/mol. The number of aromatic nitrogens is 3. The predicted octanol–water partition coefficient (Wildman–Crippen LogP) is 3.17. The summed E-state index contributed by atoms with van der Waals surface area (Å²) in [5.41, 5.74) is 14.1. The maximum atomic E-state index is 6.28. The van der Waals surface area contributed by atoms with Crippen LogP contribution in [0.3, 0.4) is 0 Å². The minimum atomic E-state index is 0.390. The Morgan fingerprint density at radius 1 is 0.900 bits per heavy atom. The number of nitrogens with two attached hydrogens (primary N) is 2. The summed E-state index contributed by atoms with van der Waals surface area (Å²) in [5, 5.41) is 2.57. The first-order valence-corrected chi connectivity index (χ1v) is 9.54. The number of anilines is 1. The molecule has 0 amide bonds. The Bertz CT molecular complexity index is 1210. The lowest BCUT2D eigenvalue weighted by atomic mass is 10.0. The number of pyridine rings is 3. The maximum absolute atomic E-state index is 6.28. The zero-order chi connectivity index (χ0) is 21.1. The van der Waals surface area contributed by atoms with E-state index in [1.54, 1.807) is 32.8 Å². The van der Waals surface area contributed by atoms with Crippen molar-refractivity contribution in [2.24, 2.45) is 5.73 Å². The Labute approximate surface area is 173 Å². The van der Waals surface area contributed by atoms with Gasteiger partial charge in [-0.25, -0.2) is 4.98 Å². The Kier molecular flexibility index (Phi) is 5.49. The molecular weight excluding hydrogens is 382 g/mol. The molecule has 8 nitrogen and oxygen atoms in total. The zero-order valence-electron chi connectivity index (χ0n) is 16.9. The summed E-state index contributed by atoms with van der Waals surface area (Å²) in [5.74, 6) is 2.28. The highest BCUT2D eigenvalue weighted by atomic mass is 16.5. The van der Waals surface area contributed by atoms with E-state index in [0.29, 0.717) is 41.9 Å². The number of ether oxygens (including phenoxy) is 3. The molecule has 0 radical (unpaired) electrons. The quantitative estimate of drug-likeness (QED) is 0.355. The van der Waals surface area contributed by atoms with Crippen LogP contribution in [0.15, 0.2) is 42.9 Å². The van der Waals surface area contributed by atoms with Crippen LogP contribution in [0.4, 0.5) is 5.82 Å². The standard InChI is InChI=1S/C22H23N5O3/c1-28-20-8-16-15-7-18(13-6-14(11-25-10-13)30-5-3-4-23)27-22(24)17(15)12-26-19(16)9-21(20)29-2/h6-12H,3-5,23H2,1-2H3,(H2,24,27). The molecule has 4 aromatic rings. The van der Waals surface area contributed by atoms with Crippen LogP contribution in [0.5, 0.6) is 17.2 Å². The SMILES string of the molecule is COc1cc2ncc3c(N)nc(-c4cncc(OCCCN)c4)cc3c2cc1OC. The van der Waals surface area contributed by atoms with Crippen LogP contribution in [-0.2, 0) is 0 Å². The monoisotopic (exact) mass is 405 g/mol. The van der Waals surface area contributed by atoms with Crippen molar-refractivity contribution in [3.63, 3.8) is 0 Å². The molecular formula is C22H23N5O3. The molecule has 3 heterocycles. The summed E-state index contributed by atoms with van der Waals surface area (Å²) in [6.07, 6.45) is 5.90. The fraction of sp³-hybridized carbons (Fsp3) is 0.227. The molecule has 0 saturated carbocycles. The Morgan fingerprint density at radius 2 is 1.70 bits per heavy atom. The first kappa shape index (κ1) is 19.7. The van der Waals surface area contributed by atoms with Gasteiger partial charge in [0.15, 0.2) is 11.5 Å². The molecule has 8 heteroatoms. The Morgan fingerprint density at radius 3 is 2.47 bits per heavy atom. The van der Waals surface area contributed by atoms with E-state index in [9.17, 15) is 0 Å². The third-order valence-corrected chi connectivity index (χ3v) is 4.84. The molecule has 0 unspecified atom stereocenters. The third kappa shape index (κ3) is 3.65. The van der Waals surface area contributed by atoms with Gasteiger partial charge in [0.05, 0.1) is 38.2 Å². The molecule has 0 fully saturated rings. The third-order valence-electron chi connectivity index (χ3n) is 4.84. The molecule has 0 aliphatic carbocycles. The molecule has 3 aromatic heterocycles. The van der Waals surface area contributed by atoms with Crippen LogP contribution < -0.4 is 25.7 Å². The highest BCUT2D eigenvalue weighted by molar-refractivity contribution is 6.10. The molecule has 0 atom stereocenters. The normalized spacial score (nSPS) is 11.0. The van der Waals surface area contributed by atoms with E-state index in [1.165, 1.54) is 0 Å². The van der Waals surface area contributed by atoms with Gasteiger partial charge in [0.1, 0.15) is 11.6 Å². The summed E-state index contributed by atoms with van der Waals surface area (Å²) in [7, 11) is 3.20. The van der Waals surface area contributed by atoms with Gasteiger partial charge < -0.3 is 25.7 Å². The number of nitrogens with zero attached hydrogens (tertiary/aromatic N) is 3. The van der Waals surface area contributed by atoms with Crippen molar-refractivity contribution < 1.29 is 14.2 Å². The van der Waals surface area contributed by atoms with Gasteiger partial charge in [-0.15, -0.1) is 0 Å². The molecule has 154 valence electrons. The van der Waals surface area contributed by atoms with E-state index in [0.717, 1.165) is 33.7 Å². The molecule has 30 heavy (non-hydrogen) atoms. The maximum Gasteiger partial charge on any atom is 0.162 e. The van der Waals surface area contributed by atoms with Crippen molar-refractivity contribution in [1.82, 2.24) is 15.0 Å². The summed E-state index contributed by atoms with van der Waals surface area (Å²) in [6, 6.07) is 7.61. The molecule has 0 aliphatic heterocycles. The molecule has 0 saturated heterocycles. The van der Waals surface area contributed by atoms with E-state index in [4.69, 9.17) is 25.7 Å². The van der Waals surface area contributed by atoms with E-state index in [2.05, 4.69) is 15.0 Å². The van der Waals surface area contributed by atoms with Crippen molar-refractivity contribution in [1.29, 1.82) is 0 Å². The summed E-state index contributed by atoms with van der Waals surface area (Å²) in [6.45, 7) is 1.11. The van der Waals surface area contributed by atoms with Crippen LogP contribution in [0.1, 0.15) is 6.42 Å². The summed E-state index contributed by atoms with van der Waals surface area (Å²) >= 11 is 0. The van der Waals surface area contributed by atoms with Crippen molar-refractivity contribution >= 4 is 27.5 Å². The van der Waals surface area contributed by atoms with E-state index in [1.807, 2.05) is 24.3 Å².